The highest BCUT2D eigenvalue weighted by molar-refractivity contribution is 5.83. The first-order chi connectivity index (χ1) is 7.31. The van der Waals surface area contributed by atoms with Crippen molar-refractivity contribution in [3.63, 3.8) is 0 Å². The van der Waals surface area contributed by atoms with Gasteiger partial charge in [0, 0.05) is 6.54 Å². The Morgan fingerprint density at radius 3 is 2.67 bits per heavy atom. The summed E-state index contributed by atoms with van der Waals surface area (Å²) in [5.74, 6) is 0.776. The summed E-state index contributed by atoms with van der Waals surface area (Å²) in [6.45, 7) is 2.88. The zero-order chi connectivity index (χ0) is 10.8. The molecule has 0 bridgehead atoms. The molecule has 0 atom stereocenters. The molecule has 4 heteroatoms. The lowest BCUT2D eigenvalue weighted by atomic mass is 10.3. The number of aromatic nitrogens is 2. The van der Waals surface area contributed by atoms with E-state index in [4.69, 9.17) is 9.47 Å². The third kappa shape index (κ3) is 1.42. The van der Waals surface area contributed by atoms with Crippen LogP contribution in [0.15, 0.2) is 18.2 Å². The van der Waals surface area contributed by atoms with Crippen LogP contribution in [0.25, 0.3) is 11.0 Å². The zero-order valence-corrected chi connectivity index (χ0v) is 9.15. The third-order valence-corrected chi connectivity index (χ3v) is 2.43. The van der Waals surface area contributed by atoms with Gasteiger partial charge in [0.05, 0.1) is 19.7 Å². The largest absolute Gasteiger partial charge is 0.494 e. The van der Waals surface area contributed by atoms with E-state index >= 15 is 0 Å². The SMILES string of the molecule is CCn1c(OC)nc2c(OC)cccc21. The van der Waals surface area contributed by atoms with Crippen LogP contribution >= 0.6 is 0 Å². The summed E-state index contributed by atoms with van der Waals surface area (Å²) in [6, 6.07) is 6.48. The van der Waals surface area contributed by atoms with Crippen molar-refractivity contribution in [3.8, 4) is 11.8 Å². The summed E-state index contributed by atoms with van der Waals surface area (Å²) in [5.41, 5.74) is 1.88. The molecule has 0 spiro atoms. The highest BCUT2D eigenvalue weighted by atomic mass is 16.5. The lowest BCUT2D eigenvalue weighted by Gasteiger charge is -2.03. The minimum Gasteiger partial charge on any atom is -0.494 e. The Balaban J connectivity index is 2.75. The Hall–Kier alpha value is -1.71. The average Bonchev–Trinajstić information content (AvgIpc) is 2.66. The Morgan fingerprint density at radius 1 is 1.27 bits per heavy atom. The number of para-hydroxylation sites is 1. The summed E-state index contributed by atoms with van der Waals surface area (Å²) < 4.78 is 12.5. The van der Waals surface area contributed by atoms with Gasteiger partial charge in [0.1, 0.15) is 11.3 Å². The summed E-state index contributed by atoms with van der Waals surface area (Å²) in [6.07, 6.45) is 0. The van der Waals surface area contributed by atoms with Crippen molar-refractivity contribution in [2.75, 3.05) is 14.2 Å². The maximum absolute atomic E-state index is 5.25. The maximum atomic E-state index is 5.25. The molecule has 0 unspecified atom stereocenters. The highest BCUT2D eigenvalue weighted by Gasteiger charge is 2.12. The van der Waals surface area contributed by atoms with E-state index in [0.717, 1.165) is 23.3 Å². The van der Waals surface area contributed by atoms with Crippen LogP contribution in [0.5, 0.6) is 11.8 Å². The molecule has 2 rings (SSSR count). The highest BCUT2D eigenvalue weighted by Crippen LogP contribution is 2.28. The van der Waals surface area contributed by atoms with Crippen LogP contribution in [0.4, 0.5) is 0 Å². The molecule has 4 nitrogen and oxygen atoms in total. The topological polar surface area (TPSA) is 36.3 Å². The van der Waals surface area contributed by atoms with E-state index in [1.54, 1.807) is 14.2 Å². The molecule has 0 aliphatic carbocycles. The fourth-order valence-electron chi connectivity index (χ4n) is 1.73. The fourth-order valence-corrected chi connectivity index (χ4v) is 1.73. The van der Waals surface area contributed by atoms with Crippen molar-refractivity contribution in [2.45, 2.75) is 13.5 Å². The number of methoxy groups -OCH3 is 2. The normalized spacial score (nSPS) is 10.6. The van der Waals surface area contributed by atoms with Crippen LogP contribution < -0.4 is 9.47 Å². The van der Waals surface area contributed by atoms with Gasteiger partial charge in [-0.25, -0.2) is 0 Å². The second-order valence-corrected chi connectivity index (χ2v) is 3.17. The first-order valence-corrected chi connectivity index (χ1v) is 4.89. The zero-order valence-electron chi connectivity index (χ0n) is 9.15. The molecule has 0 radical (unpaired) electrons. The van der Waals surface area contributed by atoms with Gasteiger partial charge in [-0.2, -0.15) is 4.98 Å². The molecule has 0 saturated carbocycles. The van der Waals surface area contributed by atoms with Crippen LogP contribution in [-0.4, -0.2) is 23.8 Å². The van der Waals surface area contributed by atoms with Crippen LogP contribution in [0.1, 0.15) is 6.92 Å². The van der Waals surface area contributed by atoms with Crippen molar-refractivity contribution < 1.29 is 9.47 Å². The molecule has 1 heterocycles. The number of ether oxygens (including phenoxy) is 2. The number of rotatable bonds is 3. The molecule has 0 amide bonds. The lowest BCUT2D eigenvalue weighted by molar-refractivity contribution is 0.362. The number of nitrogens with zero attached hydrogens (tertiary/aromatic N) is 2. The summed E-state index contributed by atoms with van der Waals surface area (Å²) in [7, 11) is 3.27. The van der Waals surface area contributed by atoms with Gasteiger partial charge in [-0.05, 0) is 19.1 Å². The summed E-state index contributed by atoms with van der Waals surface area (Å²) in [4.78, 5) is 4.39. The minimum absolute atomic E-state index is 0.622. The molecule has 1 aromatic carbocycles. The number of hydrogen-bond acceptors (Lipinski definition) is 3. The standard InChI is InChI=1S/C11H14N2O2/c1-4-13-8-6-5-7-9(14-2)10(8)12-11(13)15-3/h5-7H,4H2,1-3H3. The molecule has 0 N–H and O–H groups in total. The second kappa shape index (κ2) is 3.81. The van der Waals surface area contributed by atoms with Crippen molar-refractivity contribution >= 4 is 11.0 Å². The van der Waals surface area contributed by atoms with Crippen LogP contribution in [-0.2, 0) is 6.54 Å². The molecule has 15 heavy (non-hydrogen) atoms. The second-order valence-electron chi connectivity index (χ2n) is 3.17. The molecule has 0 fully saturated rings. The number of hydrogen-bond donors (Lipinski definition) is 0. The number of benzene rings is 1. The molecule has 2 aromatic rings. The average molecular weight is 206 g/mol. The van der Waals surface area contributed by atoms with E-state index in [0.29, 0.717) is 6.01 Å². The van der Waals surface area contributed by atoms with E-state index in [1.807, 2.05) is 22.8 Å². The van der Waals surface area contributed by atoms with Crippen molar-refractivity contribution in [2.24, 2.45) is 0 Å². The monoisotopic (exact) mass is 206 g/mol. The van der Waals surface area contributed by atoms with Gasteiger partial charge in [0.25, 0.3) is 6.01 Å². The molecule has 1 aromatic heterocycles. The first-order valence-electron chi connectivity index (χ1n) is 4.89. The fraction of sp³-hybridized carbons (Fsp3) is 0.364. The molecule has 0 saturated heterocycles. The summed E-state index contributed by atoms with van der Waals surface area (Å²) in [5, 5.41) is 0. The molecule has 0 aliphatic rings. The predicted molar refractivity (Wildman–Crippen MR) is 58.5 cm³/mol. The Kier molecular flexibility index (Phi) is 2.49. The number of imidazole rings is 1. The Morgan fingerprint density at radius 2 is 2.07 bits per heavy atom. The maximum Gasteiger partial charge on any atom is 0.297 e. The number of aryl methyl sites for hydroxylation is 1. The van der Waals surface area contributed by atoms with Gasteiger partial charge < -0.3 is 9.47 Å². The van der Waals surface area contributed by atoms with Gasteiger partial charge in [-0.3, -0.25) is 4.57 Å². The van der Waals surface area contributed by atoms with Gasteiger partial charge >= 0.3 is 0 Å². The van der Waals surface area contributed by atoms with Gasteiger partial charge in [0.2, 0.25) is 0 Å². The van der Waals surface area contributed by atoms with E-state index in [2.05, 4.69) is 11.9 Å². The van der Waals surface area contributed by atoms with E-state index in [9.17, 15) is 0 Å². The third-order valence-electron chi connectivity index (χ3n) is 2.43. The van der Waals surface area contributed by atoms with E-state index < -0.39 is 0 Å². The molecular formula is C11H14N2O2. The van der Waals surface area contributed by atoms with Crippen LogP contribution in [0, 0.1) is 0 Å². The molecule has 80 valence electrons. The predicted octanol–water partition coefficient (Wildman–Crippen LogP) is 2.07. The van der Waals surface area contributed by atoms with Crippen molar-refractivity contribution in [1.29, 1.82) is 0 Å². The van der Waals surface area contributed by atoms with Crippen molar-refractivity contribution in [3.05, 3.63) is 18.2 Å². The first kappa shape index (κ1) is 9.83. The number of fused-ring (bicyclic) bond motifs is 1. The van der Waals surface area contributed by atoms with Gasteiger partial charge in [-0.1, -0.05) is 6.07 Å². The van der Waals surface area contributed by atoms with Gasteiger partial charge in [0.15, 0.2) is 0 Å². The Labute approximate surface area is 88.4 Å². The molecule has 0 aliphatic heterocycles. The molecular weight excluding hydrogens is 192 g/mol. The van der Waals surface area contributed by atoms with E-state index in [-0.39, 0.29) is 0 Å². The van der Waals surface area contributed by atoms with Crippen LogP contribution in [0.2, 0.25) is 0 Å². The van der Waals surface area contributed by atoms with Gasteiger partial charge in [-0.15, -0.1) is 0 Å². The Bertz CT molecular complexity index is 477. The van der Waals surface area contributed by atoms with Crippen molar-refractivity contribution in [1.82, 2.24) is 9.55 Å². The minimum atomic E-state index is 0.622. The summed E-state index contributed by atoms with van der Waals surface area (Å²) >= 11 is 0. The lowest BCUT2D eigenvalue weighted by Crippen LogP contribution is -1.97. The quantitative estimate of drug-likeness (QED) is 0.771. The van der Waals surface area contributed by atoms with Crippen LogP contribution in [0.3, 0.4) is 0 Å². The van der Waals surface area contributed by atoms with E-state index in [1.165, 1.54) is 0 Å². The smallest absolute Gasteiger partial charge is 0.297 e.